The summed E-state index contributed by atoms with van der Waals surface area (Å²) in [6, 6.07) is 0.792. The minimum absolute atomic E-state index is 0.0503. The lowest BCUT2D eigenvalue weighted by Crippen LogP contribution is -2.63. The number of hydrogen-bond donors (Lipinski definition) is 1. The lowest BCUT2D eigenvalue weighted by atomic mass is 9.98. The van der Waals surface area contributed by atoms with Gasteiger partial charge in [0.15, 0.2) is 0 Å². The molecule has 0 saturated carbocycles. The highest BCUT2D eigenvalue weighted by molar-refractivity contribution is 6.31. The summed E-state index contributed by atoms with van der Waals surface area (Å²) in [7, 11) is 0. The van der Waals surface area contributed by atoms with Gasteiger partial charge in [-0.15, -0.1) is 0 Å². The third-order valence-electron chi connectivity index (χ3n) is 3.56. The van der Waals surface area contributed by atoms with Crippen LogP contribution < -0.4 is 5.32 Å². The summed E-state index contributed by atoms with van der Waals surface area (Å²) in [6.45, 7) is 5.86. The number of hydrogen-bond acceptors (Lipinski definition) is 3. The van der Waals surface area contributed by atoms with E-state index in [0.29, 0.717) is 11.6 Å². The van der Waals surface area contributed by atoms with Gasteiger partial charge in [0.05, 0.1) is 5.02 Å². The summed E-state index contributed by atoms with van der Waals surface area (Å²) in [5.41, 5.74) is 0.791. The van der Waals surface area contributed by atoms with Crippen molar-refractivity contribution in [3.05, 3.63) is 29.0 Å². The molecule has 2 atom stereocenters. The van der Waals surface area contributed by atoms with Crippen LogP contribution in [0.3, 0.4) is 0 Å². The van der Waals surface area contributed by atoms with Gasteiger partial charge in [0.2, 0.25) is 11.8 Å². The summed E-state index contributed by atoms with van der Waals surface area (Å²) in [6.07, 6.45) is 3.16. The van der Waals surface area contributed by atoms with Crippen molar-refractivity contribution >= 4 is 23.4 Å². The molecule has 1 N–H and O–H groups in total. The molecule has 5 nitrogen and oxygen atoms in total. The second-order valence-electron chi connectivity index (χ2n) is 5.34. The molecule has 2 amide bonds. The Morgan fingerprint density at radius 1 is 1.45 bits per heavy atom. The fourth-order valence-corrected chi connectivity index (χ4v) is 2.41. The molecule has 1 aromatic heterocycles. The number of halogens is 1. The number of carbonyl (C=O) groups is 2. The van der Waals surface area contributed by atoms with E-state index in [4.69, 9.17) is 11.6 Å². The molecule has 0 radical (unpaired) electrons. The average molecular weight is 296 g/mol. The van der Waals surface area contributed by atoms with Crippen molar-refractivity contribution in [1.29, 1.82) is 0 Å². The molecule has 0 spiro atoms. The summed E-state index contributed by atoms with van der Waals surface area (Å²) in [5, 5.41) is 3.27. The van der Waals surface area contributed by atoms with Gasteiger partial charge in [-0.05, 0) is 24.5 Å². The van der Waals surface area contributed by atoms with Crippen molar-refractivity contribution in [1.82, 2.24) is 15.2 Å². The molecule has 0 aromatic carbocycles. The second kappa shape index (κ2) is 5.79. The molecule has 2 unspecified atom stereocenters. The van der Waals surface area contributed by atoms with E-state index in [2.05, 4.69) is 10.3 Å². The predicted molar refractivity (Wildman–Crippen MR) is 76.0 cm³/mol. The number of aromatic nitrogens is 1. The number of carbonyl (C=O) groups excluding carboxylic acids is 2. The Bertz CT molecular complexity index is 533. The SMILES string of the molecule is CC(C)C1NC(=O)C(C)N(Cc2ccncc2Cl)C1=O. The Kier molecular flexibility index (Phi) is 4.28. The molecule has 0 aliphatic carbocycles. The van der Waals surface area contributed by atoms with Gasteiger partial charge in [0.25, 0.3) is 0 Å². The summed E-state index contributed by atoms with van der Waals surface area (Å²) in [4.78, 5) is 30.0. The van der Waals surface area contributed by atoms with Crippen molar-refractivity contribution in [3.8, 4) is 0 Å². The first-order chi connectivity index (χ1) is 9.41. The van der Waals surface area contributed by atoms with Crippen LogP contribution in [0.2, 0.25) is 5.02 Å². The Morgan fingerprint density at radius 2 is 2.15 bits per heavy atom. The van der Waals surface area contributed by atoms with Crippen LogP contribution in [-0.2, 0) is 16.1 Å². The Labute approximate surface area is 123 Å². The lowest BCUT2D eigenvalue weighted by Gasteiger charge is -2.39. The molecule has 1 fully saturated rings. The minimum atomic E-state index is -0.498. The normalized spacial score (nSPS) is 23.1. The van der Waals surface area contributed by atoms with Crippen molar-refractivity contribution < 1.29 is 9.59 Å². The van der Waals surface area contributed by atoms with E-state index in [1.54, 1.807) is 24.1 Å². The summed E-state index contributed by atoms with van der Waals surface area (Å²) < 4.78 is 0. The molecule has 1 saturated heterocycles. The third-order valence-corrected chi connectivity index (χ3v) is 3.90. The highest BCUT2D eigenvalue weighted by Gasteiger charge is 2.39. The van der Waals surface area contributed by atoms with Crippen LogP contribution in [0.5, 0.6) is 0 Å². The van der Waals surface area contributed by atoms with Gasteiger partial charge in [-0.2, -0.15) is 0 Å². The fourth-order valence-electron chi connectivity index (χ4n) is 2.23. The van der Waals surface area contributed by atoms with Crippen LogP contribution in [-0.4, -0.2) is 33.8 Å². The highest BCUT2D eigenvalue weighted by Crippen LogP contribution is 2.21. The maximum absolute atomic E-state index is 12.5. The zero-order chi connectivity index (χ0) is 14.9. The minimum Gasteiger partial charge on any atom is -0.342 e. The van der Waals surface area contributed by atoms with Gasteiger partial charge >= 0.3 is 0 Å². The predicted octanol–water partition coefficient (Wildman–Crippen LogP) is 1.61. The summed E-state index contributed by atoms with van der Waals surface area (Å²) in [5.74, 6) is -0.150. The first-order valence-electron chi connectivity index (χ1n) is 6.61. The molecule has 2 rings (SSSR count). The molecule has 20 heavy (non-hydrogen) atoms. The maximum Gasteiger partial charge on any atom is 0.246 e. The highest BCUT2D eigenvalue weighted by atomic mass is 35.5. The Morgan fingerprint density at radius 3 is 2.75 bits per heavy atom. The van der Waals surface area contributed by atoms with Crippen LogP contribution in [0.25, 0.3) is 0 Å². The zero-order valence-electron chi connectivity index (χ0n) is 11.8. The quantitative estimate of drug-likeness (QED) is 0.921. The molecular weight excluding hydrogens is 278 g/mol. The molecule has 108 valence electrons. The van der Waals surface area contributed by atoms with Gasteiger partial charge < -0.3 is 10.2 Å². The number of amides is 2. The molecule has 0 bridgehead atoms. The van der Waals surface area contributed by atoms with Crippen molar-refractivity contribution in [2.24, 2.45) is 5.92 Å². The van der Waals surface area contributed by atoms with Crippen LogP contribution in [0, 0.1) is 5.92 Å². The van der Waals surface area contributed by atoms with Crippen LogP contribution in [0.1, 0.15) is 26.3 Å². The largest absolute Gasteiger partial charge is 0.342 e. The summed E-state index contributed by atoms with van der Waals surface area (Å²) >= 11 is 6.07. The number of rotatable bonds is 3. The third kappa shape index (κ3) is 2.77. The van der Waals surface area contributed by atoms with Crippen molar-refractivity contribution in [2.75, 3.05) is 0 Å². The van der Waals surface area contributed by atoms with Crippen molar-refractivity contribution in [2.45, 2.75) is 39.4 Å². The molecule has 1 aliphatic heterocycles. The van der Waals surface area contributed by atoms with E-state index < -0.39 is 12.1 Å². The van der Waals surface area contributed by atoms with Gasteiger partial charge in [0, 0.05) is 18.9 Å². The lowest BCUT2D eigenvalue weighted by molar-refractivity contribution is -0.150. The van der Waals surface area contributed by atoms with Crippen molar-refractivity contribution in [3.63, 3.8) is 0 Å². The Balaban J connectivity index is 2.26. The van der Waals surface area contributed by atoms with Gasteiger partial charge in [-0.1, -0.05) is 25.4 Å². The number of pyridine rings is 1. The second-order valence-corrected chi connectivity index (χ2v) is 5.75. The first kappa shape index (κ1) is 14.8. The molecular formula is C14H18ClN3O2. The van der Waals surface area contributed by atoms with Gasteiger partial charge in [-0.3, -0.25) is 14.6 Å². The van der Waals surface area contributed by atoms with Gasteiger partial charge in [0.1, 0.15) is 12.1 Å². The zero-order valence-corrected chi connectivity index (χ0v) is 12.5. The number of piperazine rings is 1. The molecule has 1 aliphatic rings. The molecule has 1 aromatic rings. The first-order valence-corrected chi connectivity index (χ1v) is 6.99. The maximum atomic E-state index is 12.5. The van der Waals surface area contributed by atoms with Crippen LogP contribution in [0.4, 0.5) is 0 Å². The van der Waals surface area contributed by atoms with E-state index in [1.165, 1.54) is 6.20 Å². The average Bonchev–Trinajstić information content (AvgIpc) is 2.40. The van der Waals surface area contributed by atoms with E-state index in [9.17, 15) is 9.59 Å². The van der Waals surface area contributed by atoms with E-state index >= 15 is 0 Å². The van der Waals surface area contributed by atoms with Crippen LogP contribution in [0.15, 0.2) is 18.5 Å². The van der Waals surface area contributed by atoms with Gasteiger partial charge in [-0.25, -0.2) is 0 Å². The standard InChI is InChI=1S/C14H18ClN3O2/c1-8(2)12-14(20)18(9(3)13(19)17-12)7-10-4-5-16-6-11(10)15/h4-6,8-9,12H,7H2,1-3H3,(H,17,19). The molecule has 2 heterocycles. The Hall–Kier alpha value is -1.62. The number of nitrogens with one attached hydrogen (secondary N) is 1. The van der Waals surface area contributed by atoms with E-state index in [1.807, 2.05) is 13.8 Å². The number of nitrogens with zero attached hydrogens (tertiary/aromatic N) is 2. The molecule has 6 heteroatoms. The van der Waals surface area contributed by atoms with Crippen LogP contribution >= 0.6 is 11.6 Å². The monoisotopic (exact) mass is 295 g/mol. The topological polar surface area (TPSA) is 62.3 Å². The van der Waals surface area contributed by atoms with E-state index in [-0.39, 0.29) is 17.7 Å². The smallest absolute Gasteiger partial charge is 0.246 e. The fraction of sp³-hybridized carbons (Fsp3) is 0.500. The van der Waals surface area contributed by atoms with E-state index in [0.717, 1.165) is 5.56 Å².